The largest absolute Gasteiger partial charge is 0.366 e. The third-order valence-electron chi connectivity index (χ3n) is 2.54. The highest BCUT2D eigenvalue weighted by molar-refractivity contribution is 5.85. The lowest BCUT2D eigenvalue weighted by atomic mass is 10.2. The summed E-state index contributed by atoms with van der Waals surface area (Å²) in [6.07, 6.45) is 0. The van der Waals surface area contributed by atoms with Crippen molar-refractivity contribution in [3.63, 3.8) is 0 Å². The number of nitrogens with zero attached hydrogens (tertiary/aromatic N) is 2. The normalized spacial score (nSPS) is 11.2. The molecule has 0 bridgehead atoms. The van der Waals surface area contributed by atoms with Crippen LogP contribution in [0.2, 0.25) is 0 Å². The Morgan fingerprint density at radius 1 is 1.06 bits per heavy atom. The van der Waals surface area contributed by atoms with Gasteiger partial charge in [-0.2, -0.15) is 0 Å². The van der Waals surface area contributed by atoms with Crippen molar-refractivity contribution in [3.05, 3.63) is 0 Å². The van der Waals surface area contributed by atoms with Gasteiger partial charge in [-0.1, -0.05) is 0 Å². The third kappa shape index (κ3) is 6.59. The Morgan fingerprint density at radius 2 is 1.56 bits per heavy atom. The topological polar surface area (TPSA) is 49.9 Å². The van der Waals surface area contributed by atoms with E-state index in [0.29, 0.717) is 13.1 Å². The Kier molecular flexibility index (Phi) is 6.91. The van der Waals surface area contributed by atoms with Crippen molar-refractivity contribution >= 4 is 11.8 Å². The van der Waals surface area contributed by atoms with Crippen molar-refractivity contribution in [1.29, 1.82) is 0 Å². The molecule has 5 nitrogen and oxygen atoms in total. The van der Waals surface area contributed by atoms with Crippen LogP contribution in [-0.2, 0) is 14.3 Å². The van der Waals surface area contributed by atoms with E-state index in [2.05, 4.69) is 0 Å². The summed E-state index contributed by atoms with van der Waals surface area (Å²) < 4.78 is 5.39. The van der Waals surface area contributed by atoms with E-state index in [-0.39, 0.29) is 30.6 Å². The summed E-state index contributed by atoms with van der Waals surface area (Å²) >= 11 is 0. The first-order valence-corrected chi connectivity index (χ1v) is 6.37. The minimum Gasteiger partial charge on any atom is -0.366 e. The fourth-order valence-corrected chi connectivity index (χ4v) is 1.36. The Labute approximate surface area is 110 Å². The van der Waals surface area contributed by atoms with Crippen LogP contribution in [-0.4, -0.2) is 60.5 Å². The quantitative estimate of drug-likeness (QED) is 0.717. The maximum Gasteiger partial charge on any atom is 0.248 e. The van der Waals surface area contributed by atoms with E-state index in [1.807, 2.05) is 34.6 Å². The molecular formula is C13H26N2O3. The monoisotopic (exact) mass is 258 g/mol. The average Bonchev–Trinajstić information content (AvgIpc) is 2.26. The summed E-state index contributed by atoms with van der Waals surface area (Å²) in [6.45, 7) is 11.0. The summed E-state index contributed by atoms with van der Waals surface area (Å²) in [6, 6.07) is 0. The van der Waals surface area contributed by atoms with Gasteiger partial charge >= 0.3 is 0 Å². The second-order valence-corrected chi connectivity index (χ2v) is 5.22. The number of carbonyl (C=O) groups excluding carboxylic acids is 2. The Morgan fingerprint density at radius 3 is 1.94 bits per heavy atom. The molecule has 0 atom stereocenters. The Balaban J connectivity index is 4.19. The van der Waals surface area contributed by atoms with Gasteiger partial charge in [0.25, 0.3) is 0 Å². The van der Waals surface area contributed by atoms with Gasteiger partial charge in [0.2, 0.25) is 11.8 Å². The highest BCUT2D eigenvalue weighted by Gasteiger charge is 2.19. The molecule has 0 aromatic carbocycles. The molecule has 0 N–H and O–H groups in total. The molecule has 0 heterocycles. The van der Waals surface area contributed by atoms with Crippen molar-refractivity contribution in [2.24, 2.45) is 0 Å². The first-order chi connectivity index (χ1) is 8.21. The standard InChI is InChI=1S/C13H26N2O3/c1-7-15(8-2)11(16)9-14(6)12(17)10-18-13(3,4)5/h7-10H2,1-6H3. The van der Waals surface area contributed by atoms with E-state index in [4.69, 9.17) is 4.74 Å². The van der Waals surface area contributed by atoms with Gasteiger partial charge in [-0.25, -0.2) is 0 Å². The molecule has 0 rings (SSSR count). The van der Waals surface area contributed by atoms with E-state index >= 15 is 0 Å². The van der Waals surface area contributed by atoms with Crippen LogP contribution in [0.4, 0.5) is 0 Å². The molecule has 0 saturated carbocycles. The third-order valence-corrected chi connectivity index (χ3v) is 2.54. The maximum atomic E-state index is 11.8. The number of rotatable bonds is 6. The second kappa shape index (κ2) is 7.36. The first-order valence-electron chi connectivity index (χ1n) is 6.37. The highest BCUT2D eigenvalue weighted by Crippen LogP contribution is 2.06. The maximum absolute atomic E-state index is 11.8. The Bertz CT molecular complexity index is 280. The van der Waals surface area contributed by atoms with Crippen LogP contribution in [0.25, 0.3) is 0 Å². The van der Waals surface area contributed by atoms with Crippen molar-refractivity contribution in [2.75, 3.05) is 33.3 Å². The molecule has 0 aliphatic carbocycles. The smallest absolute Gasteiger partial charge is 0.248 e. The molecule has 0 radical (unpaired) electrons. The number of carbonyl (C=O) groups is 2. The van der Waals surface area contributed by atoms with Gasteiger partial charge in [0.05, 0.1) is 12.1 Å². The summed E-state index contributed by atoms with van der Waals surface area (Å²) in [7, 11) is 1.62. The Hall–Kier alpha value is -1.10. The van der Waals surface area contributed by atoms with Gasteiger partial charge in [0.15, 0.2) is 0 Å². The zero-order valence-electron chi connectivity index (χ0n) is 12.4. The average molecular weight is 258 g/mol. The van der Waals surface area contributed by atoms with E-state index in [9.17, 15) is 9.59 Å². The van der Waals surface area contributed by atoms with Crippen LogP contribution in [0.1, 0.15) is 34.6 Å². The number of likely N-dealkylation sites (N-methyl/N-ethyl adjacent to an activating group) is 2. The fraction of sp³-hybridized carbons (Fsp3) is 0.846. The molecule has 0 aromatic heterocycles. The lowest BCUT2D eigenvalue weighted by Crippen LogP contribution is -2.42. The molecule has 18 heavy (non-hydrogen) atoms. The van der Waals surface area contributed by atoms with Gasteiger partial charge in [-0.05, 0) is 34.6 Å². The predicted molar refractivity (Wildman–Crippen MR) is 71.3 cm³/mol. The molecule has 2 amide bonds. The lowest BCUT2D eigenvalue weighted by molar-refractivity contribution is -0.144. The minimum atomic E-state index is -0.348. The molecule has 0 fully saturated rings. The summed E-state index contributed by atoms with van der Waals surface area (Å²) in [4.78, 5) is 26.7. The predicted octanol–water partition coefficient (Wildman–Crippen LogP) is 1.13. The van der Waals surface area contributed by atoms with Crippen LogP contribution in [0.5, 0.6) is 0 Å². The van der Waals surface area contributed by atoms with E-state index in [1.54, 1.807) is 11.9 Å². The molecule has 0 saturated heterocycles. The second-order valence-electron chi connectivity index (χ2n) is 5.22. The lowest BCUT2D eigenvalue weighted by Gasteiger charge is -2.25. The van der Waals surface area contributed by atoms with Crippen molar-refractivity contribution in [2.45, 2.75) is 40.2 Å². The molecule has 0 spiro atoms. The van der Waals surface area contributed by atoms with E-state index in [0.717, 1.165) is 0 Å². The summed E-state index contributed by atoms with van der Waals surface area (Å²) in [5, 5.41) is 0. The van der Waals surface area contributed by atoms with Gasteiger partial charge in [-0.15, -0.1) is 0 Å². The van der Waals surface area contributed by atoms with Gasteiger partial charge in [0.1, 0.15) is 6.61 Å². The van der Waals surface area contributed by atoms with Gasteiger partial charge < -0.3 is 14.5 Å². The van der Waals surface area contributed by atoms with E-state index in [1.165, 1.54) is 4.90 Å². The number of hydrogen-bond acceptors (Lipinski definition) is 3. The first kappa shape index (κ1) is 16.9. The minimum absolute atomic E-state index is 0.00549. The van der Waals surface area contributed by atoms with Gasteiger partial charge in [0, 0.05) is 20.1 Å². The summed E-state index contributed by atoms with van der Waals surface area (Å²) in [5.41, 5.74) is -0.348. The summed E-state index contributed by atoms with van der Waals surface area (Å²) in [5.74, 6) is -0.211. The van der Waals surface area contributed by atoms with Crippen LogP contribution in [0.3, 0.4) is 0 Å². The molecular weight excluding hydrogens is 232 g/mol. The van der Waals surface area contributed by atoms with Crippen molar-refractivity contribution in [1.82, 2.24) is 9.80 Å². The van der Waals surface area contributed by atoms with Crippen molar-refractivity contribution < 1.29 is 14.3 Å². The van der Waals surface area contributed by atoms with Crippen molar-refractivity contribution in [3.8, 4) is 0 Å². The number of hydrogen-bond donors (Lipinski definition) is 0. The fourth-order valence-electron chi connectivity index (χ4n) is 1.36. The molecule has 0 aliphatic heterocycles. The SMILES string of the molecule is CCN(CC)C(=O)CN(C)C(=O)COC(C)(C)C. The zero-order chi connectivity index (χ0) is 14.3. The highest BCUT2D eigenvalue weighted by atomic mass is 16.5. The molecule has 0 unspecified atom stereocenters. The van der Waals surface area contributed by atoms with E-state index < -0.39 is 0 Å². The molecule has 106 valence electrons. The molecule has 5 heteroatoms. The van der Waals surface area contributed by atoms with Crippen LogP contribution in [0.15, 0.2) is 0 Å². The number of ether oxygens (including phenoxy) is 1. The number of amides is 2. The zero-order valence-corrected chi connectivity index (χ0v) is 12.4. The molecule has 0 aromatic rings. The molecule has 0 aliphatic rings. The van der Waals surface area contributed by atoms with Gasteiger partial charge in [-0.3, -0.25) is 9.59 Å². The van der Waals surface area contributed by atoms with Crippen LogP contribution >= 0.6 is 0 Å². The van der Waals surface area contributed by atoms with Crippen LogP contribution in [0, 0.1) is 0 Å². The van der Waals surface area contributed by atoms with Crippen LogP contribution < -0.4 is 0 Å².